The van der Waals surface area contributed by atoms with Crippen molar-refractivity contribution in [2.45, 2.75) is 63.3 Å². The minimum absolute atomic E-state index is 0.101. The van der Waals surface area contributed by atoms with Gasteiger partial charge < -0.3 is 15.0 Å². The number of benzene rings is 3. The lowest BCUT2D eigenvalue weighted by Crippen LogP contribution is -2.53. The molecule has 3 rings (SSSR count). The Kier molecular flexibility index (Phi) is 11.7. The van der Waals surface area contributed by atoms with Crippen LogP contribution in [0.3, 0.4) is 0 Å². The molecular weight excluding hydrogens is 619 g/mol. The van der Waals surface area contributed by atoms with E-state index in [4.69, 9.17) is 16.3 Å². The van der Waals surface area contributed by atoms with Gasteiger partial charge >= 0.3 is 6.18 Å². The standard InChI is InChI=1S/C31H35ClF3N3O5S/c1-5-21(3)36-30(40)28(6-2)37(19-22-11-10-12-24(17-22)43-4)29(39)20-38(44(41,42)25-13-8-7-9-14-25)23-15-16-27(32)26(18-23)31(33,34)35/h7-18,21,28H,5-6,19-20H2,1-4H3,(H,36,40)/t21-,28-/m1/s1. The van der Waals surface area contributed by atoms with Gasteiger partial charge in [-0.15, -0.1) is 0 Å². The minimum atomic E-state index is -4.89. The number of hydrogen-bond acceptors (Lipinski definition) is 5. The van der Waals surface area contributed by atoms with Crippen molar-refractivity contribution >= 4 is 39.1 Å². The summed E-state index contributed by atoms with van der Waals surface area (Å²) in [5, 5.41) is 2.24. The number of rotatable bonds is 13. The van der Waals surface area contributed by atoms with Crippen molar-refractivity contribution in [1.29, 1.82) is 0 Å². The van der Waals surface area contributed by atoms with Gasteiger partial charge in [0.15, 0.2) is 0 Å². The number of nitrogens with zero attached hydrogens (tertiary/aromatic N) is 2. The maximum atomic E-state index is 14.1. The Morgan fingerprint density at radius 2 is 1.66 bits per heavy atom. The normalized spacial score (nSPS) is 13.1. The maximum Gasteiger partial charge on any atom is 0.417 e. The number of nitrogens with one attached hydrogen (secondary N) is 1. The number of methoxy groups -OCH3 is 1. The topological polar surface area (TPSA) is 96.0 Å². The molecule has 2 atom stereocenters. The molecule has 0 bridgehead atoms. The summed E-state index contributed by atoms with van der Waals surface area (Å²) in [6.07, 6.45) is -4.07. The van der Waals surface area contributed by atoms with Crippen molar-refractivity contribution in [3.05, 3.63) is 88.9 Å². The van der Waals surface area contributed by atoms with Gasteiger partial charge in [0.1, 0.15) is 18.3 Å². The van der Waals surface area contributed by atoms with Crippen LogP contribution in [0.4, 0.5) is 18.9 Å². The second-order valence-corrected chi connectivity index (χ2v) is 12.4. The Morgan fingerprint density at radius 1 is 0.977 bits per heavy atom. The molecule has 0 unspecified atom stereocenters. The van der Waals surface area contributed by atoms with Crippen molar-refractivity contribution in [2.24, 2.45) is 0 Å². The Morgan fingerprint density at radius 3 is 2.25 bits per heavy atom. The van der Waals surface area contributed by atoms with Crippen molar-refractivity contribution in [2.75, 3.05) is 18.0 Å². The Balaban J connectivity index is 2.14. The fraction of sp³-hybridized carbons (Fsp3) is 0.355. The van der Waals surface area contributed by atoms with Crippen molar-refractivity contribution < 1.29 is 35.9 Å². The van der Waals surface area contributed by atoms with E-state index in [1.54, 1.807) is 37.3 Å². The molecule has 0 fully saturated rings. The van der Waals surface area contributed by atoms with Crippen LogP contribution in [0.5, 0.6) is 5.75 Å². The van der Waals surface area contributed by atoms with E-state index < -0.39 is 56.9 Å². The van der Waals surface area contributed by atoms with Crippen LogP contribution >= 0.6 is 11.6 Å². The molecule has 44 heavy (non-hydrogen) atoms. The van der Waals surface area contributed by atoms with E-state index in [0.29, 0.717) is 28.1 Å². The van der Waals surface area contributed by atoms with E-state index in [2.05, 4.69) is 5.32 Å². The number of ether oxygens (including phenoxy) is 1. The summed E-state index contributed by atoms with van der Waals surface area (Å²) in [5.41, 5.74) is -1.09. The lowest BCUT2D eigenvalue weighted by atomic mass is 10.1. The Labute approximate surface area is 260 Å². The number of halogens is 4. The van der Waals surface area contributed by atoms with Gasteiger partial charge in [0.05, 0.1) is 28.3 Å². The van der Waals surface area contributed by atoms with Crippen LogP contribution in [0.2, 0.25) is 5.02 Å². The highest BCUT2D eigenvalue weighted by Crippen LogP contribution is 2.38. The summed E-state index contributed by atoms with van der Waals surface area (Å²) in [7, 11) is -3.09. The molecule has 0 saturated carbocycles. The molecule has 3 aromatic carbocycles. The SMILES string of the molecule is CC[C@@H](C)NC(=O)[C@@H](CC)N(Cc1cccc(OC)c1)C(=O)CN(c1ccc(Cl)c(C(F)(F)F)c1)S(=O)(=O)c1ccccc1. The smallest absolute Gasteiger partial charge is 0.417 e. The van der Waals surface area contributed by atoms with Crippen LogP contribution in [-0.4, -0.2) is 50.9 Å². The van der Waals surface area contributed by atoms with E-state index in [-0.39, 0.29) is 23.9 Å². The van der Waals surface area contributed by atoms with Gasteiger partial charge in [0.25, 0.3) is 10.0 Å². The lowest BCUT2D eigenvalue weighted by molar-refractivity contribution is -0.140. The van der Waals surface area contributed by atoms with E-state index in [9.17, 15) is 31.2 Å². The predicted molar refractivity (Wildman–Crippen MR) is 163 cm³/mol. The molecule has 238 valence electrons. The number of carbonyl (C=O) groups excluding carboxylic acids is 2. The average Bonchev–Trinajstić information content (AvgIpc) is 2.99. The molecule has 1 N–H and O–H groups in total. The highest BCUT2D eigenvalue weighted by molar-refractivity contribution is 7.92. The number of alkyl halides is 3. The zero-order chi connectivity index (χ0) is 32.7. The van der Waals surface area contributed by atoms with Crippen molar-refractivity contribution in [3.8, 4) is 5.75 Å². The molecule has 0 aliphatic rings. The van der Waals surface area contributed by atoms with Crippen LogP contribution in [0.15, 0.2) is 77.7 Å². The quantitative estimate of drug-likeness (QED) is 0.234. The minimum Gasteiger partial charge on any atom is -0.497 e. The fourth-order valence-corrected chi connectivity index (χ4v) is 6.11. The van der Waals surface area contributed by atoms with Crippen LogP contribution in [0.25, 0.3) is 0 Å². The van der Waals surface area contributed by atoms with E-state index in [1.807, 2.05) is 13.8 Å². The first-order valence-electron chi connectivity index (χ1n) is 13.9. The Hall–Kier alpha value is -3.77. The van der Waals surface area contributed by atoms with Gasteiger partial charge in [-0.05, 0) is 67.8 Å². The van der Waals surface area contributed by atoms with Gasteiger partial charge in [0, 0.05) is 12.6 Å². The first kappa shape index (κ1) is 34.7. The van der Waals surface area contributed by atoms with Crippen LogP contribution in [0.1, 0.15) is 44.7 Å². The number of amides is 2. The molecule has 0 spiro atoms. The predicted octanol–water partition coefficient (Wildman–Crippen LogP) is 6.28. The third-order valence-corrected chi connectivity index (χ3v) is 9.15. The molecule has 0 heterocycles. The van der Waals surface area contributed by atoms with Gasteiger partial charge in [-0.1, -0.05) is 55.8 Å². The van der Waals surface area contributed by atoms with Gasteiger partial charge in [-0.3, -0.25) is 13.9 Å². The average molecular weight is 654 g/mol. The van der Waals surface area contributed by atoms with E-state index in [0.717, 1.165) is 12.1 Å². The summed E-state index contributed by atoms with van der Waals surface area (Å²) in [4.78, 5) is 28.5. The van der Waals surface area contributed by atoms with Crippen LogP contribution in [-0.2, 0) is 32.3 Å². The molecule has 3 aromatic rings. The fourth-order valence-electron chi connectivity index (χ4n) is 4.46. The van der Waals surface area contributed by atoms with Crippen LogP contribution in [0, 0.1) is 0 Å². The molecular formula is C31H35ClF3N3O5S. The summed E-state index contributed by atoms with van der Waals surface area (Å²) in [5.74, 6) is -0.746. The third kappa shape index (κ3) is 8.44. The third-order valence-electron chi connectivity index (χ3n) is 7.03. The maximum absolute atomic E-state index is 14.1. The molecule has 0 radical (unpaired) electrons. The molecule has 0 aliphatic carbocycles. The lowest BCUT2D eigenvalue weighted by Gasteiger charge is -2.34. The molecule has 0 saturated heterocycles. The number of hydrogen-bond donors (Lipinski definition) is 1. The number of anilines is 1. The summed E-state index contributed by atoms with van der Waals surface area (Å²) < 4.78 is 75.1. The highest BCUT2D eigenvalue weighted by Gasteiger charge is 2.37. The monoisotopic (exact) mass is 653 g/mol. The van der Waals surface area contributed by atoms with Crippen molar-refractivity contribution in [3.63, 3.8) is 0 Å². The molecule has 2 amide bonds. The van der Waals surface area contributed by atoms with Gasteiger partial charge in [-0.2, -0.15) is 13.2 Å². The van der Waals surface area contributed by atoms with Gasteiger partial charge in [0.2, 0.25) is 11.8 Å². The number of carbonyl (C=O) groups is 2. The molecule has 13 heteroatoms. The van der Waals surface area contributed by atoms with Gasteiger partial charge in [-0.25, -0.2) is 8.42 Å². The highest BCUT2D eigenvalue weighted by atomic mass is 35.5. The van der Waals surface area contributed by atoms with E-state index in [1.165, 1.54) is 36.3 Å². The summed E-state index contributed by atoms with van der Waals surface area (Å²) in [6.45, 7) is 4.41. The largest absolute Gasteiger partial charge is 0.497 e. The Bertz CT molecular complexity index is 1550. The first-order chi connectivity index (χ1) is 20.7. The second kappa shape index (κ2) is 14.8. The second-order valence-electron chi connectivity index (χ2n) is 10.1. The van der Waals surface area contributed by atoms with E-state index >= 15 is 0 Å². The molecule has 8 nitrogen and oxygen atoms in total. The molecule has 0 aromatic heterocycles. The summed E-state index contributed by atoms with van der Waals surface area (Å²) >= 11 is 5.82. The molecule has 0 aliphatic heterocycles. The van der Waals surface area contributed by atoms with Crippen LogP contribution < -0.4 is 14.4 Å². The number of sulfonamides is 1. The van der Waals surface area contributed by atoms with Crippen molar-refractivity contribution in [1.82, 2.24) is 10.2 Å². The zero-order valence-electron chi connectivity index (χ0n) is 24.8. The zero-order valence-corrected chi connectivity index (χ0v) is 26.3. The summed E-state index contributed by atoms with van der Waals surface area (Å²) in [6, 6.07) is 15.2. The first-order valence-corrected chi connectivity index (χ1v) is 15.7.